The number of rotatable bonds is 5. The molecule has 84 valence electrons. The van der Waals surface area contributed by atoms with Crippen LogP contribution in [-0.4, -0.2) is 18.4 Å². The lowest BCUT2D eigenvalue weighted by Crippen LogP contribution is -2.02. The molecule has 0 aliphatic heterocycles. The first kappa shape index (κ1) is 12.3. The van der Waals surface area contributed by atoms with E-state index in [1.807, 2.05) is 0 Å². The lowest BCUT2D eigenvalue weighted by Gasteiger charge is -2.13. The third-order valence-electron chi connectivity index (χ3n) is 1.96. The standard InChI is InChI=1S/C11H14ClFO2/c1-8(14)10-7-9(12)3-4-11(10)15-6-2-5-13/h3-4,7-8,14H,2,5-6H2,1H3. The van der Waals surface area contributed by atoms with Crippen molar-refractivity contribution in [2.24, 2.45) is 0 Å². The van der Waals surface area contributed by atoms with Gasteiger partial charge in [0.1, 0.15) is 5.75 Å². The molecule has 1 unspecified atom stereocenters. The van der Waals surface area contributed by atoms with E-state index in [-0.39, 0.29) is 0 Å². The van der Waals surface area contributed by atoms with E-state index in [1.54, 1.807) is 25.1 Å². The van der Waals surface area contributed by atoms with Gasteiger partial charge in [0.05, 0.1) is 19.4 Å². The Hall–Kier alpha value is -0.800. The highest BCUT2D eigenvalue weighted by Gasteiger charge is 2.09. The van der Waals surface area contributed by atoms with Crippen molar-refractivity contribution in [1.82, 2.24) is 0 Å². The van der Waals surface area contributed by atoms with Crippen molar-refractivity contribution in [2.75, 3.05) is 13.3 Å². The molecular weight excluding hydrogens is 219 g/mol. The van der Waals surface area contributed by atoms with Crippen molar-refractivity contribution in [3.8, 4) is 5.75 Å². The molecule has 1 N–H and O–H groups in total. The zero-order chi connectivity index (χ0) is 11.3. The summed E-state index contributed by atoms with van der Waals surface area (Å²) in [4.78, 5) is 0. The Morgan fingerprint density at radius 2 is 2.27 bits per heavy atom. The van der Waals surface area contributed by atoms with E-state index in [0.29, 0.717) is 29.4 Å². The number of halogens is 2. The van der Waals surface area contributed by atoms with E-state index in [2.05, 4.69) is 0 Å². The second-order valence-electron chi connectivity index (χ2n) is 3.25. The van der Waals surface area contributed by atoms with Gasteiger partial charge in [0.2, 0.25) is 0 Å². The first-order valence-corrected chi connectivity index (χ1v) is 5.19. The SMILES string of the molecule is CC(O)c1cc(Cl)ccc1OCCCF. The average molecular weight is 233 g/mol. The maximum absolute atomic E-state index is 11.9. The Morgan fingerprint density at radius 3 is 2.87 bits per heavy atom. The Morgan fingerprint density at radius 1 is 1.53 bits per heavy atom. The maximum atomic E-state index is 11.9. The van der Waals surface area contributed by atoms with Crippen LogP contribution in [0.1, 0.15) is 25.0 Å². The van der Waals surface area contributed by atoms with E-state index in [9.17, 15) is 9.50 Å². The normalized spacial score (nSPS) is 12.5. The van der Waals surface area contributed by atoms with Crippen molar-refractivity contribution in [1.29, 1.82) is 0 Å². The van der Waals surface area contributed by atoms with Crippen molar-refractivity contribution >= 4 is 11.6 Å². The fourth-order valence-electron chi connectivity index (χ4n) is 1.21. The Kier molecular flexibility index (Phi) is 4.85. The summed E-state index contributed by atoms with van der Waals surface area (Å²) in [6.45, 7) is 1.53. The van der Waals surface area contributed by atoms with E-state index < -0.39 is 12.8 Å². The summed E-state index contributed by atoms with van der Waals surface area (Å²) in [5.41, 5.74) is 0.626. The molecule has 0 saturated heterocycles. The van der Waals surface area contributed by atoms with E-state index >= 15 is 0 Å². The first-order valence-electron chi connectivity index (χ1n) is 4.81. The minimum Gasteiger partial charge on any atom is -0.493 e. The highest BCUT2D eigenvalue weighted by molar-refractivity contribution is 6.30. The van der Waals surface area contributed by atoms with E-state index in [0.717, 1.165) is 0 Å². The van der Waals surface area contributed by atoms with E-state index in [4.69, 9.17) is 16.3 Å². The quantitative estimate of drug-likeness (QED) is 0.791. The molecular formula is C11H14ClFO2. The van der Waals surface area contributed by atoms with E-state index in [1.165, 1.54) is 0 Å². The minimum atomic E-state index is -0.649. The number of hydrogen-bond donors (Lipinski definition) is 1. The molecule has 1 aromatic carbocycles. The number of alkyl halides is 1. The van der Waals surface area contributed by atoms with Gasteiger partial charge < -0.3 is 9.84 Å². The third-order valence-corrected chi connectivity index (χ3v) is 2.19. The zero-order valence-corrected chi connectivity index (χ0v) is 9.30. The molecule has 0 radical (unpaired) electrons. The highest BCUT2D eigenvalue weighted by Crippen LogP contribution is 2.28. The number of hydrogen-bond acceptors (Lipinski definition) is 2. The lowest BCUT2D eigenvalue weighted by atomic mass is 10.1. The monoisotopic (exact) mass is 232 g/mol. The molecule has 1 atom stereocenters. The van der Waals surface area contributed by atoms with Gasteiger partial charge in [-0.3, -0.25) is 4.39 Å². The molecule has 0 bridgehead atoms. The smallest absolute Gasteiger partial charge is 0.125 e. The third kappa shape index (κ3) is 3.68. The molecule has 4 heteroatoms. The van der Waals surface area contributed by atoms with Gasteiger partial charge >= 0.3 is 0 Å². The topological polar surface area (TPSA) is 29.5 Å². The van der Waals surface area contributed by atoms with Crippen LogP contribution in [0.3, 0.4) is 0 Å². The molecule has 0 fully saturated rings. The fourth-order valence-corrected chi connectivity index (χ4v) is 1.39. The number of aliphatic hydroxyl groups excluding tert-OH is 1. The molecule has 2 nitrogen and oxygen atoms in total. The van der Waals surface area contributed by atoms with Gasteiger partial charge in [0.15, 0.2) is 0 Å². The molecule has 15 heavy (non-hydrogen) atoms. The number of aliphatic hydroxyl groups is 1. The van der Waals surface area contributed by atoms with Crippen LogP contribution in [0.25, 0.3) is 0 Å². The molecule has 0 heterocycles. The summed E-state index contributed by atoms with van der Waals surface area (Å²) in [6.07, 6.45) is -0.300. The summed E-state index contributed by atoms with van der Waals surface area (Å²) >= 11 is 5.80. The van der Waals surface area contributed by atoms with Crippen molar-refractivity contribution < 1.29 is 14.2 Å². The number of ether oxygens (including phenoxy) is 1. The van der Waals surface area contributed by atoms with Gasteiger partial charge in [-0.05, 0) is 25.1 Å². The van der Waals surface area contributed by atoms with Crippen molar-refractivity contribution in [2.45, 2.75) is 19.4 Å². The van der Waals surface area contributed by atoms with Crippen LogP contribution in [0.4, 0.5) is 4.39 Å². The summed E-state index contributed by atoms with van der Waals surface area (Å²) in [5.74, 6) is 0.558. The Balaban J connectivity index is 2.77. The van der Waals surface area contributed by atoms with Crippen LogP contribution in [0.15, 0.2) is 18.2 Å². The predicted molar refractivity (Wildman–Crippen MR) is 58.2 cm³/mol. The zero-order valence-electron chi connectivity index (χ0n) is 8.54. The van der Waals surface area contributed by atoms with Crippen LogP contribution >= 0.6 is 11.6 Å². The molecule has 0 saturated carbocycles. The van der Waals surface area contributed by atoms with Crippen LogP contribution in [-0.2, 0) is 0 Å². The summed E-state index contributed by atoms with van der Waals surface area (Å²) in [5, 5.41) is 10.0. The second kappa shape index (κ2) is 5.93. The molecule has 1 aromatic rings. The van der Waals surface area contributed by atoms with Crippen LogP contribution < -0.4 is 4.74 Å². The highest BCUT2D eigenvalue weighted by atomic mass is 35.5. The first-order chi connectivity index (χ1) is 7.15. The van der Waals surface area contributed by atoms with Crippen molar-refractivity contribution in [3.63, 3.8) is 0 Å². The van der Waals surface area contributed by atoms with Gasteiger partial charge in [-0.2, -0.15) is 0 Å². The van der Waals surface area contributed by atoms with Gasteiger partial charge in [-0.25, -0.2) is 0 Å². The van der Waals surface area contributed by atoms with Gasteiger partial charge in [0.25, 0.3) is 0 Å². The van der Waals surface area contributed by atoms with Crippen molar-refractivity contribution in [3.05, 3.63) is 28.8 Å². The maximum Gasteiger partial charge on any atom is 0.125 e. The lowest BCUT2D eigenvalue weighted by molar-refractivity contribution is 0.190. The second-order valence-corrected chi connectivity index (χ2v) is 3.69. The minimum absolute atomic E-state index is 0.303. The fraction of sp³-hybridized carbons (Fsp3) is 0.455. The summed E-state index contributed by atoms with van der Waals surface area (Å²) < 4.78 is 17.2. The molecule has 0 amide bonds. The predicted octanol–water partition coefficient (Wildman–Crippen LogP) is 3.13. The van der Waals surface area contributed by atoms with Gasteiger partial charge in [-0.15, -0.1) is 0 Å². The van der Waals surface area contributed by atoms with Crippen LogP contribution in [0.5, 0.6) is 5.75 Å². The molecule has 0 aromatic heterocycles. The summed E-state index contributed by atoms with van der Waals surface area (Å²) in [6, 6.07) is 5.01. The molecule has 0 aliphatic rings. The Bertz CT molecular complexity index is 315. The molecule has 1 rings (SSSR count). The Labute approximate surface area is 93.6 Å². The molecule has 0 spiro atoms. The van der Waals surface area contributed by atoms with Gasteiger partial charge in [-0.1, -0.05) is 11.6 Å². The van der Waals surface area contributed by atoms with Crippen LogP contribution in [0, 0.1) is 0 Å². The average Bonchev–Trinajstić information content (AvgIpc) is 2.20. The van der Waals surface area contributed by atoms with Gasteiger partial charge in [0, 0.05) is 17.0 Å². The summed E-state index contributed by atoms with van der Waals surface area (Å²) in [7, 11) is 0. The molecule has 0 aliphatic carbocycles. The van der Waals surface area contributed by atoms with Crippen LogP contribution in [0.2, 0.25) is 5.02 Å². The number of benzene rings is 1. The largest absolute Gasteiger partial charge is 0.493 e.